The maximum Gasteiger partial charge on any atom is 0.505 e. The average molecular weight is 394 g/mol. The summed E-state index contributed by atoms with van der Waals surface area (Å²) in [6.07, 6.45) is 1.03. The molecular weight excluding hydrogens is 371 g/mol. The van der Waals surface area contributed by atoms with Crippen LogP contribution in [0.15, 0.2) is 30.3 Å². The second-order valence-electron chi connectivity index (χ2n) is 4.10. The van der Waals surface area contributed by atoms with Gasteiger partial charge < -0.3 is 13.3 Å². The van der Waals surface area contributed by atoms with Crippen molar-refractivity contribution in [2.75, 3.05) is 24.2 Å². The van der Waals surface area contributed by atoms with Crippen LogP contribution in [0.5, 0.6) is 0 Å². The Morgan fingerprint density at radius 3 is 2.16 bits per heavy atom. The van der Waals surface area contributed by atoms with Gasteiger partial charge in [0.2, 0.25) is 0 Å². The normalized spacial score (nSPS) is 11.7. The Hall–Kier alpha value is 0.0469. The third kappa shape index (κ3) is 6.35. The summed E-state index contributed by atoms with van der Waals surface area (Å²) in [7, 11) is -2.58. The Bertz CT molecular complexity index is 329. The molecule has 5 heteroatoms. The van der Waals surface area contributed by atoms with Gasteiger partial charge in [0.05, 0.1) is 0 Å². The molecule has 0 bridgehead atoms. The average Bonchev–Trinajstić information content (AvgIpc) is 2.41. The smallest absolute Gasteiger partial charge is 0.374 e. The van der Waals surface area contributed by atoms with Gasteiger partial charge in [-0.25, -0.2) is 0 Å². The van der Waals surface area contributed by atoms with E-state index in [1.54, 1.807) is 0 Å². The monoisotopic (exact) mass is 394 g/mol. The quantitative estimate of drug-likeness (QED) is 0.263. The Labute approximate surface area is 131 Å². The van der Waals surface area contributed by atoms with Crippen molar-refractivity contribution in [3.63, 3.8) is 0 Å². The molecular formula is C14H23IO3Si. The summed E-state index contributed by atoms with van der Waals surface area (Å²) in [5.41, 5.74) is 1.21. The molecule has 0 aliphatic heterocycles. The van der Waals surface area contributed by atoms with Crippen molar-refractivity contribution in [2.24, 2.45) is 0 Å². The van der Waals surface area contributed by atoms with Gasteiger partial charge in [0, 0.05) is 30.3 Å². The van der Waals surface area contributed by atoms with E-state index in [9.17, 15) is 0 Å². The lowest BCUT2D eigenvalue weighted by Crippen LogP contribution is -2.49. The summed E-state index contributed by atoms with van der Waals surface area (Å²) in [5, 5.41) is 0. The van der Waals surface area contributed by atoms with E-state index < -0.39 is 8.80 Å². The van der Waals surface area contributed by atoms with Gasteiger partial charge in [0.1, 0.15) is 0 Å². The van der Waals surface area contributed by atoms with Crippen molar-refractivity contribution in [1.82, 2.24) is 0 Å². The van der Waals surface area contributed by atoms with Crippen LogP contribution < -0.4 is 0 Å². The molecule has 0 radical (unpaired) electrons. The van der Waals surface area contributed by atoms with Gasteiger partial charge in [-0.2, -0.15) is 0 Å². The van der Waals surface area contributed by atoms with Gasteiger partial charge >= 0.3 is 8.80 Å². The Morgan fingerprint density at radius 2 is 1.63 bits per heavy atom. The van der Waals surface area contributed by atoms with E-state index >= 15 is 0 Å². The van der Waals surface area contributed by atoms with Crippen LogP contribution in [0.2, 0.25) is 0 Å². The highest BCUT2D eigenvalue weighted by molar-refractivity contribution is 14.1. The lowest BCUT2D eigenvalue weighted by molar-refractivity contribution is 0.0666. The first-order valence-corrected chi connectivity index (χ1v) is 10.2. The number of halogens is 1. The Balaban J connectivity index is 2.75. The molecule has 19 heavy (non-hydrogen) atoms. The summed E-state index contributed by atoms with van der Waals surface area (Å²) in [5.74, 6) is 0. The van der Waals surface area contributed by atoms with E-state index in [0.717, 1.165) is 16.9 Å². The van der Waals surface area contributed by atoms with Crippen molar-refractivity contribution in [3.05, 3.63) is 35.9 Å². The predicted molar refractivity (Wildman–Crippen MR) is 88.6 cm³/mol. The van der Waals surface area contributed by atoms with E-state index in [1.165, 1.54) is 5.56 Å². The van der Waals surface area contributed by atoms with Crippen LogP contribution in [0.1, 0.15) is 25.8 Å². The second kappa shape index (κ2) is 9.87. The fourth-order valence-electron chi connectivity index (χ4n) is 1.85. The molecule has 0 amide bonds. The largest absolute Gasteiger partial charge is 0.505 e. The van der Waals surface area contributed by atoms with Crippen molar-refractivity contribution in [3.8, 4) is 0 Å². The van der Waals surface area contributed by atoms with Gasteiger partial charge in [-0.1, -0.05) is 52.9 Å². The summed E-state index contributed by atoms with van der Waals surface area (Å²) in [6.45, 7) is 5.95. The van der Waals surface area contributed by atoms with Crippen LogP contribution in [-0.4, -0.2) is 33.1 Å². The van der Waals surface area contributed by atoms with Crippen LogP contribution in [-0.2, 0) is 19.3 Å². The number of benzene rings is 1. The van der Waals surface area contributed by atoms with Gasteiger partial charge in [-0.3, -0.25) is 0 Å². The molecule has 1 aromatic rings. The van der Waals surface area contributed by atoms with Crippen LogP contribution >= 0.6 is 22.6 Å². The molecule has 0 aliphatic carbocycles. The summed E-state index contributed by atoms with van der Waals surface area (Å²) in [4.78, 5) is 0. The first kappa shape index (κ1) is 17.1. The maximum atomic E-state index is 6.04. The van der Waals surface area contributed by atoms with Crippen LogP contribution in [0.4, 0.5) is 0 Å². The molecule has 0 N–H and O–H groups in total. The zero-order valence-corrected chi connectivity index (χ0v) is 14.9. The molecule has 3 nitrogen and oxygen atoms in total. The molecule has 0 fully saturated rings. The molecule has 108 valence electrons. The molecule has 1 aromatic carbocycles. The predicted octanol–water partition coefficient (Wildman–Crippen LogP) is 3.62. The first-order valence-electron chi connectivity index (χ1n) is 6.78. The summed E-state index contributed by atoms with van der Waals surface area (Å²) in [6, 6.07) is 11.0. The highest BCUT2D eigenvalue weighted by Crippen LogP contribution is 2.17. The molecule has 0 heterocycles. The second-order valence-corrected chi connectivity index (χ2v) is 7.77. The Kier molecular flexibility index (Phi) is 8.89. The summed E-state index contributed by atoms with van der Waals surface area (Å²) >= 11 is 2.36. The van der Waals surface area contributed by atoms with E-state index in [-0.39, 0.29) is 0 Å². The number of hydrogen-bond donors (Lipinski definition) is 0. The van der Waals surface area contributed by atoms with E-state index in [1.807, 2.05) is 32.0 Å². The molecule has 1 rings (SSSR count). The zero-order chi connectivity index (χ0) is 14.0. The lowest BCUT2D eigenvalue weighted by Gasteiger charge is -2.29. The zero-order valence-electron chi connectivity index (χ0n) is 11.7. The van der Waals surface area contributed by atoms with Gasteiger partial charge in [0.15, 0.2) is 0 Å². The topological polar surface area (TPSA) is 27.7 Å². The van der Waals surface area contributed by atoms with Crippen LogP contribution in [0.25, 0.3) is 0 Å². The molecule has 0 saturated heterocycles. The highest BCUT2D eigenvalue weighted by Gasteiger charge is 2.40. The third-order valence-corrected chi connectivity index (χ3v) is 6.30. The molecule has 0 aromatic heterocycles. The Morgan fingerprint density at radius 1 is 1.00 bits per heavy atom. The van der Waals surface area contributed by atoms with Gasteiger partial charge in [-0.15, -0.1) is 0 Å². The van der Waals surface area contributed by atoms with Crippen molar-refractivity contribution in [1.29, 1.82) is 0 Å². The number of rotatable bonds is 10. The van der Waals surface area contributed by atoms with Crippen molar-refractivity contribution < 1.29 is 13.3 Å². The van der Waals surface area contributed by atoms with E-state index in [2.05, 4.69) is 34.7 Å². The standard InChI is InChI=1S/C14H23IO3Si/c1-3-16-19(17-4-2,18-12-8-11-15)13-14-9-6-5-7-10-14/h5-7,9-10H,3-4,8,11-13H2,1-2H3. The lowest BCUT2D eigenvalue weighted by atomic mass is 10.2. The van der Waals surface area contributed by atoms with Crippen LogP contribution in [0.3, 0.4) is 0 Å². The maximum absolute atomic E-state index is 6.04. The molecule has 0 atom stereocenters. The molecule has 0 spiro atoms. The fourth-order valence-corrected chi connectivity index (χ4v) is 4.78. The van der Waals surface area contributed by atoms with Gasteiger partial charge in [-0.05, 0) is 25.8 Å². The minimum absolute atomic E-state index is 0.628. The highest BCUT2D eigenvalue weighted by atomic mass is 127. The van der Waals surface area contributed by atoms with Crippen molar-refractivity contribution >= 4 is 31.4 Å². The minimum atomic E-state index is -2.58. The fraction of sp³-hybridized carbons (Fsp3) is 0.571. The van der Waals surface area contributed by atoms with E-state index in [0.29, 0.717) is 19.8 Å². The van der Waals surface area contributed by atoms with Crippen LogP contribution in [0, 0.1) is 0 Å². The summed E-state index contributed by atoms with van der Waals surface area (Å²) < 4.78 is 19.0. The van der Waals surface area contributed by atoms with Crippen molar-refractivity contribution in [2.45, 2.75) is 26.3 Å². The number of alkyl halides is 1. The molecule has 0 saturated carbocycles. The third-order valence-electron chi connectivity index (χ3n) is 2.59. The SMILES string of the molecule is CCO[Si](Cc1ccccc1)(OCC)OCCCI. The van der Waals surface area contributed by atoms with E-state index in [4.69, 9.17) is 13.3 Å². The molecule has 0 unspecified atom stereocenters. The minimum Gasteiger partial charge on any atom is -0.374 e. The first-order chi connectivity index (χ1) is 9.26. The van der Waals surface area contributed by atoms with Gasteiger partial charge in [0.25, 0.3) is 0 Å². The number of hydrogen-bond acceptors (Lipinski definition) is 3. The molecule has 0 aliphatic rings.